The molecule has 0 spiro atoms. The Morgan fingerprint density at radius 3 is 2.83 bits per heavy atom. The van der Waals surface area contributed by atoms with Crippen molar-refractivity contribution in [2.45, 2.75) is 20.4 Å². The number of nitriles is 1. The van der Waals surface area contributed by atoms with Crippen LogP contribution in [0.3, 0.4) is 0 Å². The highest BCUT2D eigenvalue weighted by atomic mass is 15.2. The lowest BCUT2D eigenvalue weighted by molar-refractivity contribution is 0.837. The summed E-state index contributed by atoms with van der Waals surface area (Å²) in [6.07, 6.45) is 3.49. The molecule has 2 aromatic heterocycles. The Labute approximate surface area is 106 Å². The lowest BCUT2D eigenvalue weighted by atomic mass is 10.1. The quantitative estimate of drug-likeness (QED) is 0.891. The van der Waals surface area contributed by atoms with Crippen LogP contribution in [-0.2, 0) is 6.54 Å². The summed E-state index contributed by atoms with van der Waals surface area (Å²) in [7, 11) is 1.91. The summed E-state index contributed by atoms with van der Waals surface area (Å²) in [6, 6.07) is 4.14. The van der Waals surface area contributed by atoms with Gasteiger partial charge in [-0.15, -0.1) is 0 Å². The summed E-state index contributed by atoms with van der Waals surface area (Å²) in [5, 5.41) is 9.23. The van der Waals surface area contributed by atoms with Gasteiger partial charge in [-0.2, -0.15) is 5.26 Å². The summed E-state index contributed by atoms with van der Waals surface area (Å²) in [4.78, 5) is 13.6. The summed E-state index contributed by atoms with van der Waals surface area (Å²) in [5.41, 5.74) is 2.48. The van der Waals surface area contributed by atoms with Gasteiger partial charge >= 0.3 is 0 Å². The predicted octanol–water partition coefficient (Wildman–Crippen LogP) is 1.93. The van der Waals surface area contributed by atoms with Crippen molar-refractivity contribution in [1.29, 1.82) is 5.26 Å². The third-order valence-electron chi connectivity index (χ3n) is 2.74. The van der Waals surface area contributed by atoms with Crippen LogP contribution in [0.4, 0.5) is 5.82 Å². The molecular formula is C13H15N5. The number of pyridine rings is 1. The minimum atomic E-state index is 0.595. The van der Waals surface area contributed by atoms with Crippen LogP contribution in [0.1, 0.15) is 22.6 Å². The van der Waals surface area contributed by atoms with Crippen molar-refractivity contribution in [3.05, 3.63) is 41.1 Å². The molecule has 0 saturated heterocycles. The van der Waals surface area contributed by atoms with E-state index >= 15 is 0 Å². The molecule has 0 radical (unpaired) electrons. The molecule has 5 nitrogen and oxygen atoms in total. The number of imidazole rings is 1. The van der Waals surface area contributed by atoms with Crippen molar-refractivity contribution < 1.29 is 0 Å². The van der Waals surface area contributed by atoms with E-state index in [1.807, 2.05) is 31.9 Å². The number of hydrogen-bond acceptors (Lipinski definition) is 4. The van der Waals surface area contributed by atoms with Crippen LogP contribution in [0.25, 0.3) is 0 Å². The Morgan fingerprint density at radius 1 is 1.44 bits per heavy atom. The first-order valence-electron chi connectivity index (χ1n) is 5.69. The van der Waals surface area contributed by atoms with Gasteiger partial charge in [0, 0.05) is 25.1 Å². The van der Waals surface area contributed by atoms with Gasteiger partial charge < -0.3 is 9.88 Å². The van der Waals surface area contributed by atoms with E-state index in [1.165, 1.54) is 0 Å². The average Bonchev–Trinajstić information content (AvgIpc) is 2.80. The highest BCUT2D eigenvalue weighted by Gasteiger charge is 2.13. The highest BCUT2D eigenvalue weighted by Crippen LogP contribution is 2.21. The molecule has 2 aromatic rings. The largest absolute Gasteiger partial charge is 0.351 e. The molecule has 2 rings (SSSR count). The van der Waals surface area contributed by atoms with Crippen molar-refractivity contribution in [2.75, 3.05) is 11.9 Å². The van der Waals surface area contributed by atoms with E-state index in [0.717, 1.165) is 17.1 Å². The standard InChI is InChI=1S/C13H15N5/c1-9-6-10(2)17-13(11(9)7-14)18(3)8-12-15-4-5-16-12/h4-6H,8H2,1-3H3,(H,15,16). The minimum Gasteiger partial charge on any atom is -0.351 e. The number of H-pyrrole nitrogens is 1. The maximum atomic E-state index is 9.23. The third-order valence-corrected chi connectivity index (χ3v) is 2.74. The zero-order valence-corrected chi connectivity index (χ0v) is 10.7. The maximum absolute atomic E-state index is 9.23. The lowest BCUT2D eigenvalue weighted by Crippen LogP contribution is -2.20. The van der Waals surface area contributed by atoms with Gasteiger partial charge in [0.25, 0.3) is 0 Å². The van der Waals surface area contributed by atoms with Crippen LogP contribution in [-0.4, -0.2) is 22.0 Å². The fourth-order valence-corrected chi connectivity index (χ4v) is 1.92. The molecule has 0 aliphatic heterocycles. The average molecular weight is 241 g/mol. The van der Waals surface area contributed by atoms with Gasteiger partial charge in [-0.1, -0.05) is 0 Å². The number of aryl methyl sites for hydroxylation is 2. The molecule has 5 heteroatoms. The topological polar surface area (TPSA) is 68.6 Å². The summed E-state index contributed by atoms with van der Waals surface area (Å²) < 4.78 is 0. The second-order valence-corrected chi connectivity index (χ2v) is 4.28. The minimum absolute atomic E-state index is 0.595. The van der Waals surface area contributed by atoms with E-state index in [1.54, 1.807) is 12.4 Å². The smallest absolute Gasteiger partial charge is 0.147 e. The number of aromatic amines is 1. The monoisotopic (exact) mass is 241 g/mol. The molecule has 0 saturated carbocycles. The predicted molar refractivity (Wildman–Crippen MR) is 69.1 cm³/mol. The number of hydrogen-bond donors (Lipinski definition) is 1. The lowest BCUT2D eigenvalue weighted by Gasteiger charge is -2.19. The molecule has 1 N–H and O–H groups in total. The summed E-state index contributed by atoms with van der Waals surface area (Å²) in [6.45, 7) is 4.45. The van der Waals surface area contributed by atoms with E-state index in [9.17, 15) is 5.26 Å². The molecule has 0 aromatic carbocycles. The molecule has 0 atom stereocenters. The van der Waals surface area contributed by atoms with Crippen molar-refractivity contribution in [1.82, 2.24) is 15.0 Å². The normalized spacial score (nSPS) is 10.1. The zero-order valence-electron chi connectivity index (χ0n) is 10.7. The number of nitrogens with one attached hydrogen (secondary N) is 1. The Kier molecular flexibility index (Phi) is 3.28. The Morgan fingerprint density at radius 2 is 2.22 bits per heavy atom. The molecule has 0 unspecified atom stereocenters. The molecule has 0 fully saturated rings. The number of aromatic nitrogens is 3. The molecule has 0 bridgehead atoms. The van der Waals surface area contributed by atoms with Crippen molar-refractivity contribution in [3.8, 4) is 6.07 Å². The first-order chi connectivity index (χ1) is 8.61. The zero-order chi connectivity index (χ0) is 13.1. The van der Waals surface area contributed by atoms with Gasteiger partial charge in [0.05, 0.1) is 12.1 Å². The maximum Gasteiger partial charge on any atom is 0.147 e. The van der Waals surface area contributed by atoms with Gasteiger partial charge in [-0.3, -0.25) is 0 Å². The second-order valence-electron chi connectivity index (χ2n) is 4.28. The van der Waals surface area contributed by atoms with E-state index < -0.39 is 0 Å². The molecule has 0 aliphatic rings. The van der Waals surface area contributed by atoms with Crippen LogP contribution in [0.5, 0.6) is 0 Å². The SMILES string of the molecule is Cc1cc(C)c(C#N)c(N(C)Cc2ncc[nH]2)n1. The van der Waals surface area contributed by atoms with Crippen LogP contribution in [0.2, 0.25) is 0 Å². The molecular weight excluding hydrogens is 226 g/mol. The number of anilines is 1. The van der Waals surface area contributed by atoms with Crippen LogP contribution in [0, 0.1) is 25.2 Å². The van der Waals surface area contributed by atoms with E-state index in [4.69, 9.17) is 0 Å². The first-order valence-corrected chi connectivity index (χ1v) is 5.69. The van der Waals surface area contributed by atoms with Gasteiger partial charge in [-0.25, -0.2) is 9.97 Å². The Bertz CT molecular complexity index is 580. The van der Waals surface area contributed by atoms with E-state index in [0.29, 0.717) is 17.9 Å². The fraction of sp³-hybridized carbons (Fsp3) is 0.308. The van der Waals surface area contributed by atoms with Crippen molar-refractivity contribution in [2.24, 2.45) is 0 Å². The fourth-order valence-electron chi connectivity index (χ4n) is 1.92. The Balaban J connectivity index is 2.35. The third kappa shape index (κ3) is 2.33. The van der Waals surface area contributed by atoms with Crippen molar-refractivity contribution in [3.63, 3.8) is 0 Å². The van der Waals surface area contributed by atoms with Crippen molar-refractivity contribution >= 4 is 5.82 Å². The van der Waals surface area contributed by atoms with Crippen LogP contribution >= 0.6 is 0 Å². The van der Waals surface area contributed by atoms with Gasteiger partial charge in [0.2, 0.25) is 0 Å². The molecule has 0 amide bonds. The van der Waals surface area contributed by atoms with Gasteiger partial charge in [-0.05, 0) is 25.5 Å². The first kappa shape index (κ1) is 12.1. The molecule has 2 heterocycles. The molecule has 18 heavy (non-hydrogen) atoms. The van der Waals surface area contributed by atoms with Crippen LogP contribution < -0.4 is 4.90 Å². The second kappa shape index (κ2) is 4.88. The summed E-state index contributed by atoms with van der Waals surface area (Å²) >= 11 is 0. The molecule has 0 aliphatic carbocycles. The van der Waals surface area contributed by atoms with E-state index in [-0.39, 0.29) is 0 Å². The van der Waals surface area contributed by atoms with Crippen LogP contribution in [0.15, 0.2) is 18.5 Å². The molecule has 92 valence electrons. The summed E-state index contributed by atoms with van der Waals surface area (Å²) in [5.74, 6) is 1.55. The van der Waals surface area contributed by atoms with Gasteiger partial charge in [0.15, 0.2) is 0 Å². The number of nitrogens with zero attached hydrogens (tertiary/aromatic N) is 4. The van der Waals surface area contributed by atoms with E-state index in [2.05, 4.69) is 21.0 Å². The van der Waals surface area contributed by atoms with Gasteiger partial charge in [0.1, 0.15) is 17.7 Å². The Hall–Kier alpha value is -2.35. The highest BCUT2D eigenvalue weighted by molar-refractivity contribution is 5.57. The number of rotatable bonds is 3.